The standard InChI is InChI=1S/C15H28O5/c1-2-3-4-5-6-7-8-9-19-13-11-20-15(14(13)18)12(17)10-16/h6-7,12-18H,2-5,8-11H2,1H3/b7-6+/t12-,13+,14-,15-/m0/s1. The van der Waals surface area contributed by atoms with E-state index in [1.807, 2.05) is 0 Å². The Labute approximate surface area is 121 Å². The number of allylic oxidation sites excluding steroid dienone is 1. The Bertz CT molecular complexity index is 269. The van der Waals surface area contributed by atoms with E-state index in [1.54, 1.807) is 0 Å². The van der Waals surface area contributed by atoms with E-state index in [1.165, 1.54) is 19.3 Å². The maximum Gasteiger partial charge on any atom is 0.114 e. The summed E-state index contributed by atoms with van der Waals surface area (Å²) in [6.07, 6.45) is 6.78. The molecule has 118 valence electrons. The van der Waals surface area contributed by atoms with E-state index in [2.05, 4.69) is 19.1 Å². The molecule has 1 heterocycles. The van der Waals surface area contributed by atoms with Gasteiger partial charge in [-0.2, -0.15) is 0 Å². The summed E-state index contributed by atoms with van der Waals surface area (Å²) in [5.41, 5.74) is 0. The molecule has 0 aromatic carbocycles. The molecule has 0 aromatic heterocycles. The zero-order valence-corrected chi connectivity index (χ0v) is 12.3. The van der Waals surface area contributed by atoms with Crippen molar-refractivity contribution in [3.63, 3.8) is 0 Å². The van der Waals surface area contributed by atoms with Crippen LogP contribution in [0, 0.1) is 0 Å². The Morgan fingerprint density at radius 1 is 1.30 bits per heavy atom. The smallest absolute Gasteiger partial charge is 0.114 e. The molecule has 0 aliphatic carbocycles. The molecule has 1 saturated heterocycles. The van der Waals surface area contributed by atoms with Crippen molar-refractivity contribution in [1.82, 2.24) is 0 Å². The van der Waals surface area contributed by atoms with Gasteiger partial charge in [0.05, 0.1) is 19.8 Å². The summed E-state index contributed by atoms with van der Waals surface area (Å²) in [6.45, 7) is 2.54. The van der Waals surface area contributed by atoms with Crippen molar-refractivity contribution < 1.29 is 24.8 Å². The Morgan fingerprint density at radius 3 is 2.75 bits per heavy atom. The Morgan fingerprint density at radius 2 is 2.05 bits per heavy atom. The summed E-state index contributed by atoms with van der Waals surface area (Å²) in [4.78, 5) is 0. The lowest BCUT2D eigenvalue weighted by Crippen LogP contribution is -2.41. The largest absolute Gasteiger partial charge is 0.394 e. The van der Waals surface area contributed by atoms with Gasteiger partial charge in [0.1, 0.15) is 24.4 Å². The summed E-state index contributed by atoms with van der Waals surface area (Å²) in [7, 11) is 0. The normalized spacial score (nSPS) is 28.3. The maximum absolute atomic E-state index is 9.91. The highest BCUT2D eigenvalue weighted by Crippen LogP contribution is 2.20. The molecule has 0 unspecified atom stereocenters. The van der Waals surface area contributed by atoms with Gasteiger partial charge in [-0.25, -0.2) is 0 Å². The van der Waals surface area contributed by atoms with Crippen LogP contribution in [0.1, 0.15) is 39.0 Å². The van der Waals surface area contributed by atoms with Crippen molar-refractivity contribution in [2.75, 3.05) is 19.8 Å². The molecule has 0 spiro atoms. The molecular weight excluding hydrogens is 260 g/mol. The summed E-state index contributed by atoms with van der Waals surface area (Å²) < 4.78 is 10.8. The van der Waals surface area contributed by atoms with Crippen LogP contribution >= 0.6 is 0 Å². The molecule has 4 atom stereocenters. The average Bonchev–Trinajstić information content (AvgIpc) is 2.82. The zero-order valence-electron chi connectivity index (χ0n) is 12.3. The first-order valence-corrected chi connectivity index (χ1v) is 7.55. The second-order valence-electron chi connectivity index (χ2n) is 5.20. The molecule has 1 aliphatic rings. The van der Waals surface area contributed by atoms with Crippen molar-refractivity contribution >= 4 is 0 Å². The number of unbranched alkanes of at least 4 members (excludes halogenated alkanes) is 3. The third-order valence-electron chi connectivity index (χ3n) is 3.49. The van der Waals surface area contributed by atoms with E-state index in [9.17, 15) is 10.2 Å². The Hall–Kier alpha value is -0.460. The third kappa shape index (κ3) is 5.89. The molecule has 0 aromatic rings. The first-order chi connectivity index (χ1) is 9.70. The molecule has 1 fully saturated rings. The number of rotatable bonds is 10. The average molecular weight is 288 g/mol. The fourth-order valence-electron chi connectivity index (χ4n) is 2.24. The van der Waals surface area contributed by atoms with Gasteiger partial charge < -0.3 is 24.8 Å². The monoisotopic (exact) mass is 288 g/mol. The van der Waals surface area contributed by atoms with Gasteiger partial charge in [0, 0.05) is 0 Å². The highest BCUT2D eigenvalue weighted by molar-refractivity contribution is 4.89. The van der Waals surface area contributed by atoms with Gasteiger partial charge in [0.2, 0.25) is 0 Å². The number of hydrogen-bond acceptors (Lipinski definition) is 5. The fraction of sp³-hybridized carbons (Fsp3) is 0.867. The molecule has 20 heavy (non-hydrogen) atoms. The predicted molar refractivity (Wildman–Crippen MR) is 76.5 cm³/mol. The van der Waals surface area contributed by atoms with E-state index in [4.69, 9.17) is 14.6 Å². The number of aliphatic hydroxyl groups is 3. The van der Waals surface area contributed by atoms with Crippen molar-refractivity contribution in [2.45, 2.75) is 63.4 Å². The molecule has 0 radical (unpaired) electrons. The van der Waals surface area contributed by atoms with Crippen LogP contribution in [0.15, 0.2) is 12.2 Å². The highest BCUT2D eigenvalue weighted by Gasteiger charge is 2.40. The van der Waals surface area contributed by atoms with Crippen molar-refractivity contribution in [3.8, 4) is 0 Å². The van der Waals surface area contributed by atoms with Crippen molar-refractivity contribution in [1.29, 1.82) is 0 Å². The highest BCUT2D eigenvalue weighted by atomic mass is 16.6. The van der Waals surface area contributed by atoms with Crippen LogP contribution in [0.2, 0.25) is 0 Å². The van der Waals surface area contributed by atoms with E-state index in [0.717, 1.165) is 12.8 Å². The second-order valence-corrected chi connectivity index (χ2v) is 5.20. The van der Waals surface area contributed by atoms with Crippen LogP contribution in [0.5, 0.6) is 0 Å². The molecular formula is C15H28O5. The number of aliphatic hydroxyl groups excluding tert-OH is 3. The molecule has 0 amide bonds. The van der Waals surface area contributed by atoms with Gasteiger partial charge in [0.25, 0.3) is 0 Å². The fourth-order valence-corrected chi connectivity index (χ4v) is 2.24. The molecule has 1 rings (SSSR count). The first kappa shape index (κ1) is 17.6. The second kappa shape index (κ2) is 10.3. The lowest BCUT2D eigenvalue weighted by atomic mass is 10.1. The van der Waals surface area contributed by atoms with E-state index < -0.39 is 31.0 Å². The SMILES string of the molecule is CCCCC/C=C/CCO[C@@H]1CO[C@@H]([C@@H](O)CO)[C@H]1O. The predicted octanol–water partition coefficient (Wildman–Crippen LogP) is 1.01. The molecule has 0 bridgehead atoms. The number of hydrogen-bond donors (Lipinski definition) is 3. The Balaban J connectivity index is 2.11. The van der Waals surface area contributed by atoms with Crippen LogP contribution < -0.4 is 0 Å². The van der Waals surface area contributed by atoms with Crippen molar-refractivity contribution in [3.05, 3.63) is 12.2 Å². The van der Waals surface area contributed by atoms with E-state index in [0.29, 0.717) is 6.61 Å². The minimum absolute atomic E-state index is 0.253. The van der Waals surface area contributed by atoms with E-state index in [-0.39, 0.29) is 6.61 Å². The molecule has 3 N–H and O–H groups in total. The summed E-state index contributed by atoms with van der Waals surface area (Å²) in [6, 6.07) is 0. The van der Waals surface area contributed by atoms with E-state index >= 15 is 0 Å². The van der Waals surface area contributed by atoms with Gasteiger partial charge in [0.15, 0.2) is 0 Å². The maximum atomic E-state index is 9.91. The van der Waals surface area contributed by atoms with Gasteiger partial charge in [-0.3, -0.25) is 0 Å². The topological polar surface area (TPSA) is 79.2 Å². The van der Waals surface area contributed by atoms with Crippen molar-refractivity contribution in [2.24, 2.45) is 0 Å². The Kier molecular flexibility index (Phi) is 9.05. The molecule has 1 aliphatic heterocycles. The summed E-state index contributed by atoms with van der Waals surface area (Å²) in [5.74, 6) is 0. The van der Waals surface area contributed by atoms with Gasteiger partial charge in [-0.1, -0.05) is 31.9 Å². The van der Waals surface area contributed by atoms with Crippen LogP contribution in [0.3, 0.4) is 0 Å². The molecule has 5 nitrogen and oxygen atoms in total. The van der Waals surface area contributed by atoms with Gasteiger partial charge in [-0.05, 0) is 19.3 Å². The van der Waals surface area contributed by atoms with Crippen LogP contribution in [-0.4, -0.2) is 59.6 Å². The summed E-state index contributed by atoms with van der Waals surface area (Å²) in [5, 5.41) is 28.2. The quantitative estimate of drug-likeness (QED) is 0.413. The minimum atomic E-state index is -1.06. The van der Waals surface area contributed by atoms with Gasteiger partial charge >= 0.3 is 0 Å². The van der Waals surface area contributed by atoms with Gasteiger partial charge in [-0.15, -0.1) is 0 Å². The summed E-state index contributed by atoms with van der Waals surface area (Å²) >= 11 is 0. The molecule has 5 heteroatoms. The zero-order chi connectivity index (χ0) is 14.8. The lowest BCUT2D eigenvalue weighted by molar-refractivity contribution is -0.0726. The first-order valence-electron chi connectivity index (χ1n) is 7.55. The number of ether oxygens (including phenoxy) is 2. The van der Waals surface area contributed by atoms with Crippen LogP contribution in [0.4, 0.5) is 0 Å². The third-order valence-corrected chi connectivity index (χ3v) is 3.49. The lowest BCUT2D eigenvalue weighted by Gasteiger charge is -2.20. The van der Waals surface area contributed by atoms with Crippen LogP contribution in [-0.2, 0) is 9.47 Å². The molecule has 0 saturated carbocycles. The minimum Gasteiger partial charge on any atom is -0.394 e. The van der Waals surface area contributed by atoms with Crippen LogP contribution in [0.25, 0.3) is 0 Å².